The molecule has 0 spiro atoms. The number of hydrogen-bond donors (Lipinski definition) is 2. The van der Waals surface area contributed by atoms with E-state index in [1.54, 1.807) is 42.5 Å². The molecule has 0 aromatic heterocycles. The summed E-state index contributed by atoms with van der Waals surface area (Å²) in [7, 11) is -3.52. The minimum atomic E-state index is -3.52. The first-order valence-corrected chi connectivity index (χ1v) is 11.2. The van der Waals surface area contributed by atoms with Crippen LogP contribution >= 0.6 is 0 Å². The molecule has 1 fully saturated rings. The van der Waals surface area contributed by atoms with Crippen LogP contribution in [0.4, 0.5) is 11.4 Å². The highest BCUT2D eigenvalue weighted by atomic mass is 32.2. The molecule has 8 heteroatoms. The van der Waals surface area contributed by atoms with Crippen LogP contribution in [0.1, 0.15) is 24.8 Å². The predicted molar refractivity (Wildman–Crippen MR) is 110 cm³/mol. The first-order chi connectivity index (χ1) is 13.9. The summed E-state index contributed by atoms with van der Waals surface area (Å²) in [5.41, 5.74) is 2.49. The Bertz CT molecular complexity index is 1030. The smallest absolute Gasteiger partial charge is 0.243 e. The monoisotopic (exact) mass is 413 g/mol. The lowest BCUT2D eigenvalue weighted by Crippen LogP contribution is -2.41. The largest absolute Gasteiger partial charge is 0.326 e. The third-order valence-corrected chi connectivity index (χ3v) is 7.39. The average molecular weight is 413 g/mol. The molecule has 0 unspecified atom stereocenters. The number of amides is 2. The Hall–Kier alpha value is -2.71. The summed E-state index contributed by atoms with van der Waals surface area (Å²) < 4.78 is 26.9. The number of fused-ring (bicyclic) bond motifs is 1. The zero-order chi connectivity index (χ0) is 20.4. The van der Waals surface area contributed by atoms with E-state index in [4.69, 9.17) is 0 Å². The van der Waals surface area contributed by atoms with Crippen molar-refractivity contribution < 1.29 is 18.0 Å². The van der Waals surface area contributed by atoms with Crippen molar-refractivity contribution in [3.8, 4) is 0 Å². The molecule has 0 radical (unpaired) electrons. The SMILES string of the molecule is O=C1CCc2cc(NC(=O)C3CCN(S(=O)(=O)c4ccccc4)CC3)ccc2N1. The molecular weight excluding hydrogens is 390 g/mol. The van der Waals surface area contributed by atoms with E-state index in [1.165, 1.54) is 4.31 Å². The van der Waals surface area contributed by atoms with Crippen molar-refractivity contribution >= 4 is 33.2 Å². The minimum absolute atomic E-state index is 0.00602. The number of anilines is 2. The molecule has 1 saturated heterocycles. The summed E-state index contributed by atoms with van der Waals surface area (Å²) in [5.74, 6) is -0.319. The quantitative estimate of drug-likeness (QED) is 0.805. The Labute approximate surface area is 170 Å². The first kappa shape index (κ1) is 19.6. The third kappa shape index (κ3) is 4.18. The number of aryl methyl sites for hydroxylation is 1. The molecule has 29 heavy (non-hydrogen) atoms. The van der Waals surface area contributed by atoms with Crippen molar-refractivity contribution in [2.75, 3.05) is 23.7 Å². The van der Waals surface area contributed by atoms with E-state index in [9.17, 15) is 18.0 Å². The Balaban J connectivity index is 1.37. The number of carbonyl (C=O) groups excluding carboxylic acids is 2. The number of piperidine rings is 1. The molecule has 0 atom stereocenters. The summed E-state index contributed by atoms with van der Waals surface area (Å²) in [5, 5.41) is 5.76. The van der Waals surface area contributed by atoms with Crippen molar-refractivity contribution in [2.24, 2.45) is 5.92 Å². The second-order valence-electron chi connectivity index (χ2n) is 7.40. The van der Waals surface area contributed by atoms with Crippen molar-refractivity contribution in [1.82, 2.24) is 4.31 Å². The third-order valence-electron chi connectivity index (χ3n) is 5.47. The summed E-state index contributed by atoms with van der Waals surface area (Å²) >= 11 is 0. The standard InChI is InChI=1S/C21H23N3O4S/c25-20-9-6-16-14-17(7-8-19(16)23-20)22-21(26)15-10-12-24(13-11-15)29(27,28)18-4-2-1-3-5-18/h1-5,7-8,14-15H,6,9-13H2,(H,22,26)(H,23,25). The van der Waals surface area contributed by atoms with E-state index < -0.39 is 10.0 Å². The first-order valence-electron chi connectivity index (χ1n) is 9.72. The van der Waals surface area contributed by atoms with Crippen molar-refractivity contribution in [2.45, 2.75) is 30.6 Å². The molecule has 2 amide bonds. The van der Waals surface area contributed by atoms with Crippen LogP contribution in [0.3, 0.4) is 0 Å². The number of hydrogen-bond acceptors (Lipinski definition) is 4. The molecule has 152 valence electrons. The van der Waals surface area contributed by atoms with Crippen molar-refractivity contribution in [1.29, 1.82) is 0 Å². The highest BCUT2D eigenvalue weighted by Gasteiger charge is 2.32. The van der Waals surface area contributed by atoms with Crippen LogP contribution in [0, 0.1) is 5.92 Å². The van der Waals surface area contributed by atoms with E-state index in [2.05, 4.69) is 10.6 Å². The molecule has 2 N–H and O–H groups in total. The number of rotatable bonds is 4. The Morgan fingerprint density at radius 1 is 1.03 bits per heavy atom. The van der Waals surface area contributed by atoms with Gasteiger partial charge in [-0.25, -0.2) is 8.42 Å². The zero-order valence-electron chi connectivity index (χ0n) is 15.9. The van der Waals surface area contributed by atoms with Crippen LogP contribution < -0.4 is 10.6 Å². The summed E-state index contributed by atoms with van der Waals surface area (Å²) in [4.78, 5) is 24.4. The highest BCUT2D eigenvalue weighted by molar-refractivity contribution is 7.89. The van der Waals surface area contributed by atoms with E-state index in [0.717, 1.165) is 11.3 Å². The van der Waals surface area contributed by atoms with Crippen LogP contribution in [0.25, 0.3) is 0 Å². The number of benzene rings is 2. The number of sulfonamides is 1. The molecule has 2 aliphatic rings. The summed E-state index contributed by atoms with van der Waals surface area (Å²) in [6.07, 6.45) is 2.07. The van der Waals surface area contributed by atoms with Gasteiger partial charge >= 0.3 is 0 Å². The van der Waals surface area contributed by atoms with Crippen molar-refractivity contribution in [3.63, 3.8) is 0 Å². The maximum absolute atomic E-state index is 12.7. The molecular formula is C21H23N3O4S. The fourth-order valence-corrected chi connectivity index (χ4v) is 5.30. The van der Waals surface area contributed by atoms with E-state index in [1.807, 2.05) is 6.07 Å². The average Bonchev–Trinajstić information content (AvgIpc) is 2.74. The summed E-state index contributed by atoms with van der Waals surface area (Å²) in [6.45, 7) is 0.650. The molecule has 2 aromatic rings. The van der Waals surface area contributed by atoms with Crippen molar-refractivity contribution in [3.05, 3.63) is 54.1 Å². The fourth-order valence-electron chi connectivity index (χ4n) is 3.81. The van der Waals surface area contributed by atoms with Crippen LogP contribution in [-0.2, 0) is 26.0 Å². The Kier molecular flexibility index (Phi) is 5.38. The molecule has 2 heterocycles. The predicted octanol–water partition coefficient (Wildman–Crippen LogP) is 2.61. The second kappa shape index (κ2) is 7.96. The summed E-state index contributed by atoms with van der Waals surface area (Å²) in [6, 6.07) is 13.8. The van der Waals surface area contributed by atoms with Gasteiger partial charge in [-0.3, -0.25) is 9.59 Å². The fraction of sp³-hybridized carbons (Fsp3) is 0.333. The van der Waals surface area contributed by atoms with Crippen LogP contribution in [0.15, 0.2) is 53.4 Å². The van der Waals surface area contributed by atoms with Gasteiger partial charge in [-0.05, 0) is 55.2 Å². The van der Waals surface area contributed by atoms with Gasteiger partial charge in [-0.15, -0.1) is 0 Å². The molecule has 4 rings (SSSR count). The maximum Gasteiger partial charge on any atom is 0.243 e. The van der Waals surface area contributed by atoms with Gasteiger partial charge < -0.3 is 10.6 Å². The Morgan fingerprint density at radius 2 is 1.76 bits per heavy atom. The molecule has 0 bridgehead atoms. The van der Waals surface area contributed by atoms with E-state index in [-0.39, 0.29) is 22.6 Å². The lowest BCUT2D eigenvalue weighted by molar-refractivity contribution is -0.121. The molecule has 7 nitrogen and oxygen atoms in total. The molecule has 0 aliphatic carbocycles. The van der Waals surface area contributed by atoms with Gasteiger partial charge in [-0.2, -0.15) is 4.31 Å². The number of carbonyl (C=O) groups is 2. The van der Waals surface area contributed by atoms with Gasteiger partial charge in [0.05, 0.1) is 4.90 Å². The number of nitrogens with one attached hydrogen (secondary N) is 2. The molecule has 0 saturated carbocycles. The molecule has 2 aliphatic heterocycles. The van der Waals surface area contributed by atoms with Crippen LogP contribution in [-0.4, -0.2) is 37.6 Å². The lowest BCUT2D eigenvalue weighted by Gasteiger charge is -2.30. The van der Waals surface area contributed by atoms with Gasteiger partial charge in [-0.1, -0.05) is 18.2 Å². The topological polar surface area (TPSA) is 95.6 Å². The molecule has 2 aromatic carbocycles. The highest BCUT2D eigenvalue weighted by Crippen LogP contribution is 2.28. The van der Waals surface area contributed by atoms with Gasteiger partial charge in [0.25, 0.3) is 0 Å². The lowest BCUT2D eigenvalue weighted by atomic mass is 9.97. The minimum Gasteiger partial charge on any atom is -0.326 e. The van der Waals surface area contributed by atoms with E-state index >= 15 is 0 Å². The van der Waals surface area contributed by atoms with Gasteiger partial charge in [0.1, 0.15) is 0 Å². The Morgan fingerprint density at radius 3 is 2.48 bits per heavy atom. The number of nitrogens with zero attached hydrogens (tertiary/aromatic N) is 1. The van der Waals surface area contributed by atoms with Crippen LogP contribution in [0.2, 0.25) is 0 Å². The second-order valence-corrected chi connectivity index (χ2v) is 9.34. The normalized spacial score (nSPS) is 18.0. The van der Waals surface area contributed by atoms with Crippen LogP contribution in [0.5, 0.6) is 0 Å². The van der Waals surface area contributed by atoms with Gasteiger partial charge in [0, 0.05) is 36.8 Å². The van der Waals surface area contributed by atoms with Gasteiger partial charge in [0.2, 0.25) is 21.8 Å². The van der Waals surface area contributed by atoms with E-state index in [0.29, 0.717) is 44.5 Å². The zero-order valence-corrected chi connectivity index (χ0v) is 16.7. The maximum atomic E-state index is 12.7. The van der Waals surface area contributed by atoms with Gasteiger partial charge in [0.15, 0.2) is 0 Å².